The van der Waals surface area contributed by atoms with Crippen molar-refractivity contribution in [1.29, 1.82) is 0 Å². The molecule has 2 N–H and O–H groups in total. The largest absolute Gasteiger partial charge is 0.417 e. The summed E-state index contributed by atoms with van der Waals surface area (Å²) in [4.78, 5) is 2.24. The van der Waals surface area contributed by atoms with Gasteiger partial charge in [0.15, 0.2) is 5.11 Å². The third-order valence-electron chi connectivity index (χ3n) is 3.45. The number of thiocarbonyl (C=S) groups is 1. The van der Waals surface area contributed by atoms with Gasteiger partial charge in [-0.25, -0.2) is 0 Å². The molecule has 0 aromatic heterocycles. The topological polar surface area (TPSA) is 48.9 Å². The fourth-order valence-corrected chi connectivity index (χ4v) is 2.37. The molecule has 0 atom stereocenters. The first-order valence-corrected chi connectivity index (χ1v) is 7.91. The Morgan fingerprint density at radius 2 is 2.00 bits per heavy atom. The van der Waals surface area contributed by atoms with Crippen LogP contribution in [0.15, 0.2) is 29.4 Å². The Hall–Kier alpha value is -1.71. The molecule has 1 aromatic carbocycles. The van der Waals surface area contributed by atoms with E-state index in [2.05, 4.69) is 20.7 Å². The number of hydrogen-bond acceptors (Lipinski definition) is 4. The zero-order valence-electron chi connectivity index (χ0n) is 13.0. The first-order chi connectivity index (χ1) is 11.5. The summed E-state index contributed by atoms with van der Waals surface area (Å²) in [7, 11) is 0. The molecule has 0 radical (unpaired) electrons. The van der Waals surface area contributed by atoms with Crippen LogP contribution in [-0.2, 0) is 10.9 Å². The number of halogens is 3. The van der Waals surface area contributed by atoms with Gasteiger partial charge >= 0.3 is 6.18 Å². The lowest BCUT2D eigenvalue weighted by Crippen LogP contribution is -2.42. The van der Waals surface area contributed by atoms with Gasteiger partial charge in [0.2, 0.25) is 0 Å². The second kappa shape index (κ2) is 8.95. The summed E-state index contributed by atoms with van der Waals surface area (Å²) in [6, 6.07) is 5.23. The highest BCUT2D eigenvalue weighted by molar-refractivity contribution is 7.80. The van der Waals surface area contributed by atoms with Crippen molar-refractivity contribution in [2.24, 2.45) is 5.10 Å². The van der Waals surface area contributed by atoms with Crippen molar-refractivity contribution in [3.8, 4) is 0 Å². The molecule has 1 aromatic rings. The standard InChI is InChI=1S/C15H19F3N4OS/c16-15(17,18)13-4-2-1-3-12(13)11-20-21-14(24)19-5-6-22-7-9-23-10-8-22/h1-4,11H,5-10H2,(H2,19,21,24)/b20-11-. The highest BCUT2D eigenvalue weighted by Gasteiger charge is 2.32. The quantitative estimate of drug-likeness (QED) is 0.477. The van der Waals surface area contributed by atoms with Gasteiger partial charge in [0, 0.05) is 31.7 Å². The summed E-state index contributed by atoms with van der Waals surface area (Å²) in [6.07, 6.45) is -3.31. The Morgan fingerprint density at radius 1 is 1.29 bits per heavy atom. The van der Waals surface area contributed by atoms with Crippen LogP contribution in [-0.4, -0.2) is 55.6 Å². The molecule has 0 saturated carbocycles. The molecular weight excluding hydrogens is 341 g/mol. The molecule has 2 rings (SSSR count). The van der Waals surface area contributed by atoms with E-state index in [0.29, 0.717) is 6.54 Å². The number of ether oxygens (including phenoxy) is 1. The fourth-order valence-electron chi connectivity index (χ4n) is 2.22. The molecule has 1 aliphatic rings. The monoisotopic (exact) mass is 360 g/mol. The maximum Gasteiger partial charge on any atom is 0.417 e. The molecule has 0 spiro atoms. The third kappa shape index (κ3) is 6.06. The van der Waals surface area contributed by atoms with Crippen molar-refractivity contribution in [3.05, 3.63) is 35.4 Å². The van der Waals surface area contributed by atoms with Crippen molar-refractivity contribution in [2.45, 2.75) is 6.18 Å². The predicted octanol–water partition coefficient (Wildman–Crippen LogP) is 1.84. The second-order valence-electron chi connectivity index (χ2n) is 5.16. The molecule has 132 valence electrons. The summed E-state index contributed by atoms with van der Waals surface area (Å²) < 4.78 is 43.8. The zero-order valence-corrected chi connectivity index (χ0v) is 13.8. The molecule has 0 amide bonds. The molecule has 1 aliphatic heterocycles. The van der Waals surface area contributed by atoms with E-state index in [1.165, 1.54) is 18.2 Å². The summed E-state index contributed by atoms with van der Waals surface area (Å²) >= 11 is 5.04. The molecule has 1 heterocycles. The highest BCUT2D eigenvalue weighted by atomic mass is 32.1. The number of nitrogens with one attached hydrogen (secondary N) is 2. The van der Waals surface area contributed by atoms with Crippen molar-refractivity contribution in [2.75, 3.05) is 39.4 Å². The van der Waals surface area contributed by atoms with Gasteiger partial charge in [-0.2, -0.15) is 18.3 Å². The zero-order chi connectivity index (χ0) is 17.4. The fraction of sp³-hybridized carbons (Fsp3) is 0.467. The van der Waals surface area contributed by atoms with E-state index in [-0.39, 0.29) is 10.7 Å². The Kier molecular flexibility index (Phi) is 6.95. The molecule has 0 bridgehead atoms. The Balaban J connectivity index is 1.76. The van der Waals surface area contributed by atoms with Gasteiger partial charge in [0.25, 0.3) is 0 Å². The van der Waals surface area contributed by atoms with E-state index in [9.17, 15) is 13.2 Å². The van der Waals surface area contributed by atoms with Gasteiger partial charge < -0.3 is 10.1 Å². The molecular formula is C15H19F3N4OS. The van der Waals surface area contributed by atoms with Crippen LogP contribution in [0.25, 0.3) is 0 Å². The first kappa shape index (κ1) is 18.6. The van der Waals surface area contributed by atoms with Gasteiger partial charge in [-0.3, -0.25) is 10.3 Å². The number of benzene rings is 1. The molecule has 9 heteroatoms. The van der Waals surface area contributed by atoms with Gasteiger partial charge in [-0.05, 0) is 18.3 Å². The maximum absolute atomic E-state index is 12.8. The number of nitrogens with zero attached hydrogens (tertiary/aromatic N) is 2. The van der Waals surface area contributed by atoms with Crippen molar-refractivity contribution in [1.82, 2.24) is 15.6 Å². The number of hydrazone groups is 1. The molecule has 0 aliphatic carbocycles. The van der Waals surface area contributed by atoms with Gasteiger partial charge in [0.05, 0.1) is 25.0 Å². The van der Waals surface area contributed by atoms with Crippen LogP contribution in [0.1, 0.15) is 11.1 Å². The molecule has 1 saturated heterocycles. The number of hydrogen-bond donors (Lipinski definition) is 2. The van der Waals surface area contributed by atoms with Crippen LogP contribution in [0.3, 0.4) is 0 Å². The minimum absolute atomic E-state index is 0.0198. The SMILES string of the molecule is FC(F)(F)c1ccccc1/C=N\NC(=S)NCCN1CCOCC1. The average molecular weight is 360 g/mol. The van der Waals surface area contributed by atoms with Crippen LogP contribution in [0.4, 0.5) is 13.2 Å². The summed E-state index contributed by atoms with van der Waals surface area (Å²) in [5.74, 6) is 0. The van der Waals surface area contributed by atoms with E-state index in [1.54, 1.807) is 0 Å². The van der Waals surface area contributed by atoms with Crippen molar-refractivity contribution >= 4 is 23.5 Å². The van der Waals surface area contributed by atoms with E-state index >= 15 is 0 Å². The van der Waals surface area contributed by atoms with Crippen molar-refractivity contribution in [3.63, 3.8) is 0 Å². The first-order valence-electron chi connectivity index (χ1n) is 7.50. The maximum atomic E-state index is 12.8. The minimum Gasteiger partial charge on any atom is -0.379 e. The van der Waals surface area contributed by atoms with Gasteiger partial charge in [-0.1, -0.05) is 18.2 Å². The van der Waals surface area contributed by atoms with Crippen molar-refractivity contribution < 1.29 is 17.9 Å². The molecule has 5 nitrogen and oxygen atoms in total. The lowest BCUT2D eigenvalue weighted by Gasteiger charge is -2.26. The van der Waals surface area contributed by atoms with E-state index in [4.69, 9.17) is 17.0 Å². The Morgan fingerprint density at radius 3 is 2.71 bits per heavy atom. The number of morpholine rings is 1. The van der Waals surface area contributed by atoms with E-state index in [1.807, 2.05) is 0 Å². The number of rotatable bonds is 5. The van der Waals surface area contributed by atoms with E-state index in [0.717, 1.165) is 45.1 Å². The second-order valence-corrected chi connectivity index (χ2v) is 5.57. The Labute approximate surface area is 143 Å². The molecule has 1 fully saturated rings. The summed E-state index contributed by atoms with van der Waals surface area (Å²) in [5, 5.41) is 7.00. The average Bonchev–Trinajstić information content (AvgIpc) is 2.55. The van der Waals surface area contributed by atoms with Crippen LogP contribution >= 0.6 is 12.2 Å². The van der Waals surface area contributed by atoms with Gasteiger partial charge in [-0.15, -0.1) is 0 Å². The highest BCUT2D eigenvalue weighted by Crippen LogP contribution is 2.30. The predicted molar refractivity (Wildman–Crippen MR) is 90.0 cm³/mol. The van der Waals surface area contributed by atoms with Gasteiger partial charge in [0.1, 0.15) is 0 Å². The number of alkyl halides is 3. The normalized spacial score (nSPS) is 16.3. The lowest BCUT2D eigenvalue weighted by molar-refractivity contribution is -0.137. The Bertz CT molecular complexity index is 574. The van der Waals surface area contributed by atoms with Crippen LogP contribution in [0.2, 0.25) is 0 Å². The smallest absolute Gasteiger partial charge is 0.379 e. The van der Waals surface area contributed by atoms with E-state index < -0.39 is 11.7 Å². The summed E-state index contributed by atoms with van der Waals surface area (Å²) in [6.45, 7) is 4.66. The van der Waals surface area contributed by atoms with Crippen LogP contribution < -0.4 is 10.7 Å². The summed E-state index contributed by atoms with van der Waals surface area (Å²) in [5.41, 5.74) is 1.77. The minimum atomic E-state index is -4.42. The molecule has 24 heavy (non-hydrogen) atoms. The third-order valence-corrected chi connectivity index (χ3v) is 3.69. The lowest BCUT2D eigenvalue weighted by atomic mass is 10.1. The van der Waals surface area contributed by atoms with Crippen LogP contribution in [0.5, 0.6) is 0 Å². The van der Waals surface area contributed by atoms with Crippen LogP contribution in [0, 0.1) is 0 Å². The molecule has 0 unspecified atom stereocenters.